The molecular formula is C28H31N5O3. The second-order valence-corrected chi connectivity index (χ2v) is 9.09. The second-order valence-electron chi connectivity index (χ2n) is 9.09. The molecule has 36 heavy (non-hydrogen) atoms. The number of hydrogen-bond acceptors (Lipinski definition) is 7. The number of nitrogens with one attached hydrogen (secondary N) is 2. The van der Waals surface area contributed by atoms with E-state index in [0.29, 0.717) is 22.8 Å². The van der Waals surface area contributed by atoms with Crippen molar-refractivity contribution in [3.8, 4) is 0 Å². The summed E-state index contributed by atoms with van der Waals surface area (Å²) < 4.78 is 10.9. The fourth-order valence-corrected chi connectivity index (χ4v) is 4.13. The van der Waals surface area contributed by atoms with Gasteiger partial charge in [-0.3, -0.25) is 14.8 Å². The van der Waals surface area contributed by atoms with Crippen molar-refractivity contribution < 1.29 is 14.3 Å². The highest BCUT2D eigenvalue weighted by atomic mass is 16.5. The van der Waals surface area contributed by atoms with Gasteiger partial charge >= 0.3 is 0 Å². The van der Waals surface area contributed by atoms with E-state index < -0.39 is 0 Å². The number of rotatable bonds is 8. The highest BCUT2D eigenvalue weighted by Crippen LogP contribution is 2.36. The summed E-state index contributed by atoms with van der Waals surface area (Å²) in [6.07, 6.45) is 11.5. The molecule has 8 heteroatoms. The molecular weight excluding hydrogens is 454 g/mol. The Bertz CT molecular complexity index is 1320. The first-order valence-corrected chi connectivity index (χ1v) is 11.7. The number of hydrogen-bond donors (Lipinski definition) is 2. The minimum Gasteiger partial charge on any atom is -0.493 e. The first-order chi connectivity index (χ1) is 17.3. The summed E-state index contributed by atoms with van der Waals surface area (Å²) in [5.74, 6) is 1.87. The lowest BCUT2D eigenvalue weighted by Gasteiger charge is -2.29. The maximum Gasteiger partial charge on any atom is 0.257 e. The molecule has 0 bridgehead atoms. The molecule has 0 radical (unpaired) electrons. The van der Waals surface area contributed by atoms with Gasteiger partial charge in [0, 0.05) is 29.7 Å². The molecule has 0 fully saturated rings. The fourth-order valence-electron chi connectivity index (χ4n) is 4.13. The van der Waals surface area contributed by atoms with Crippen LogP contribution >= 0.6 is 0 Å². The molecule has 8 nitrogen and oxygen atoms in total. The molecule has 2 aromatic heterocycles. The Morgan fingerprint density at radius 1 is 1.06 bits per heavy atom. The number of benzene rings is 1. The fraction of sp³-hybridized carbons (Fsp3) is 0.286. The number of aryl methyl sites for hydroxylation is 1. The van der Waals surface area contributed by atoms with Gasteiger partial charge in [-0.2, -0.15) is 0 Å². The highest BCUT2D eigenvalue weighted by Gasteiger charge is 2.31. The van der Waals surface area contributed by atoms with Crippen LogP contribution in [0.25, 0.3) is 0 Å². The van der Waals surface area contributed by atoms with Crippen LogP contribution in [0, 0.1) is 6.92 Å². The standard InChI is InChI=1S/C28H31N5O3/c1-18-11-21(15-29-14-18)27(34)32-22-8-6-7-20(12-22)19(2)31-26-17-30-16-25(33-26)28(3)10-9-23(35-4)24(13-28)36-5/h6-9,11-17,19H,10H2,1-5H3,(H,31,33)(H,32,34)/t19-,28?/m0/s1. The molecule has 1 aliphatic carbocycles. The zero-order chi connectivity index (χ0) is 25.7. The molecule has 0 saturated heterocycles. The first kappa shape index (κ1) is 24.9. The third kappa shape index (κ3) is 5.54. The normalized spacial score (nSPS) is 17.9. The molecule has 3 aromatic rings. The van der Waals surface area contributed by atoms with Gasteiger partial charge in [0.1, 0.15) is 5.82 Å². The van der Waals surface area contributed by atoms with Crippen LogP contribution in [0.5, 0.6) is 0 Å². The Labute approximate surface area is 211 Å². The van der Waals surface area contributed by atoms with Gasteiger partial charge in [0.2, 0.25) is 0 Å². The van der Waals surface area contributed by atoms with Crippen LogP contribution in [0.4, 0.5) is 11.5 Å². The Morgan fingerprint density at radius 3 is 2.58 bits per heavy atom. The van der Waals surface area contributed by atoms with Crippen LogP contribution in [-0.2, 0) is 14.9 Å². The number of carbonyl (C=O) groups is 1. The van der Waals surface area contributed by atoms with Crippen molar-refractivity contribution in [3.05, 3.63) is 101 Å². The van der Waals surface area contributed by atoms with Crippen molar-refractivity contribution in [2.45, 2.75) is 38.6 Å². The minimum absolute atomic E-state index is 0.0729. The van der Waals surface area contributed by atoms with Crippen LogP contribution in [0.15, 0.2) is 78.8 Å². The number of aromatic nitrogens is 3. The number of anilines is 2. The van der Waals surface area contributed by atoms with Crippen molar-refractivity contribution in [2.75, 3.05) is 24.9 Å². The SMILES string of the molecule is COC1=CCC(C)(c2cncc(N[C@@H](C)c3cccc(NC(=O)c4cncc(C)c4)c3)n2)C=C1OC. The van der Waals surface area contributed by atoms with Crippen LogP contribution in [-0.4, -0.2) is 35.1 Å². The molecule has 1 unspecified atom stereocenters. The average Bonchev–Trinajstić information content (AvgIpc) is 2.89. The van der Waals surface area contributed by atoms with E-state index in [1.165, 1.54) is 0 Å². The monoisotopic (exact) mass is 485 g/mol. The summed E-state index contributed by atoms with van der Waals surface area (Å²) in [5, 5.41) is 6.38. The van der Waals surface area contributed by atoms with Crippen LogP contribution < -0.4 is 10.6 Å². The third-order valence-electron chi connectivity index (χ3n) is 6.21. The lowest BCUT2D eigenvalue weighted by atomic mass is 9.80. The maximum absolute atomic E-state index is 12.6. The van der Waals surface area contributed by atoms with E-state index in [2.05, 4.69) is 27.5 Å². The van der Waals surface area contributed by atoms with Crippen molar-refractivity contribution in [1.29, 1.82) is 0 Å². The van der Waals surface area contributed by atoms with E-state index >= 15 is 0 Å². The van der Waals surface area contributed by atoms with Gasteiger partial charge < -0.3 is 20.1 Å². The Balaban J connectivity index is 1.48. The summed E-state index contributed by atoms with van der Waals surface area (Å²) in [7, 11) is 3.26. The lowest BCUT2D eigenvalue weighted by Crippen LogP contribution is -2.25. The molecule has 1 aromatic carbocycles. The predicted octanol–water partition coefficient (Wildman–Crippen LogP) is 5.33. The largest absolute Gasteiger partial charge is 0.493 e. The summed E-state index contributed by atoms with van der Waals surface area (Å²) in [4.78, 5) is 26.0. The zero-order valence-electron chi connectivity index (χ0n) is 21.2. The highest BCUT2D eigenvalue weighted by molar-refractivity contribution is 6.04. The zero-order valence-corrected chi connectivity index (χ0v) is 21.2. The number of pyridine rings is 1. The number of ether oxygens (including phenoxy) is 2. The number of nitrogens with zero attached hydrogens (tertiary/aromatic N) is 3. The molecule has 1 aliphatic rings. The van der Waals surface area contributed by atoms with Crippen LogP contribution in [0.3, 0.4) is 0 Å². The molecule has 0 saturated carbocycles. The van der Waals surface area contributed by atoms with Crippen molar-refractivity contribution in [1.82, 2.24) is 15.0 Å². The van der Waals surface area contributed by atoms with E-state index in [1.807, 2.05) is 56.3 Å². The van der Waals surface area contributed by atoms with Gasteiger partial charge in [0.25, 0.3) is 5.91 Å². The number of carbonyl (C=O) groups excluding carboxylic acids is 1. The van der Waals surface area contributed by atoms with E-state index in [-0.39, 0.29) is 17.4 Å². The van der Waals surface area contributed by atoms with Gasteiger partial charge in [-0.05, 0) is 68.7 Å². The number of allylic oxidation sites excluding steroid dienone is 2. The summed E-state index contributed by atoms with van der Waals surface area (Å²) in [6, 6.07) is 9.47. The quantitative estimate of drug-likeness (QED) is 0.445. The van der Waals surface area contributed by atoms with Gasteiger partial charge in [0.05, 0.1) is 37.7 Å². The Kier molecular flexibility index (Phi) is 7.33. The molecule has 186 valence electrons. The van der Waals surface area contributed by atoms with E-state index in [9.17, 15) is 4.79 Å². The van der Waals surface area contributed by atoms with Crippen molar-refractivity contribution in [2.24, 2.45) is 0 Å². The first-order valence-electron chi connectivity index (χ1n) is 11.7. The number of methoxy groups -OCH3 is 2. The van der Waals surface area contributed by atoms with Gasteiger partial charge in [-0.1, -0.05) is 12.1 Å². The second kappa shape index (κ2) is 10.6. The lowest BCUT2D eigenvalue weighted by molar-refractivity contribution is 0.102. The maximum atomic E-state index is 12.6. The Hall–Kier alpha value is -4.20. The smallest absolute Gasteiger partial charge is 0.257 e. The molecule has 1 amide bonds. The Morgan fingerprint density at radius 2 is 1.83 bits per heavy atom. The predicted molar refractivity (Wildman–Crippen MR) is 140 cm³/mol. The molecule has 2 N–H and O–H groups in total. The van der Waals surface area contributed by atoms with Crippen LogP contribution in [0.1, 0.15) is 53.5 Å². The molecule has 2 heterocycles. The molecule has 0 spiro atoms. The van der Waals surface area contributed by atoms with E-state index in [4.69, 9.17) is 14.5 Å². The van der Waals surface area contributed by atoms with Gasteiger partial charge in [-0.15, -0.1) is 0 Å². The summed E-state index contributed by atoms with van der Waals surface area (Å²) in [6.45, 7) is 6.05. The minimum atomic E-state index is -0.379. The molecule has 2 atom stereocenters. The van der Waals surface area contributed by atoms with Crippen molar-refractivity contribution >= 4 is 17.4 Å². The topological polar surface area (TPSA) is 98.3 Å². The van der Waals surface area contributed by atoms with Crippen molar-refractivity contribution in [3.63, 3.8) is 0 Å². The van der Waals surface area contributed by atoms with E-state index in [0.717, 1.165) is 29.0 Å². The molecule has 0 aliphatic heterocycles. The van der Waals surface area contributed by atoms with E-state index in [1.54, 1.807) is 39.0 Å². The third-order valence-corrected chi connectivity index (χ3v) is 6.21. The average molecular weight is 486 g/mol. The summed E-state index contributed by atoms with van der Waals surface area (Å²) in [5.41, 5.74) is 3.61. The number of amides is 1. The van der Waals surface area contributed by atoms with Gasteiger partial charge in [-0.25, -0.2) is 4.98 Å². The summed E-state index contributed by atoms with van der Waals surface area (Å²) >= 11 is 0. The van der Waals surface area contributed by atoms with Crippen LogP contribution in [0.2, 0.25) is 0 Å². The molecule has 4 rings (SSSR count). The van der Waals surface area contributed by atoms with Gasteiger partial charge in [0.15, 0.2) is 11.5 Å².